The highest BCUT2D eigenvalue weighted by Gasteiger charge is 2.43. The van der Waals surface area contributed by atoms with Gasteiger partial charge in [-0.15, -0.1) is 0 Å². The second-order valence-corrected chi connectivity index (χ2v) is 7.02. The van der Waals surface area contributed by atoms with E-state index in [1.165, 1.54) is 0 Å². The van der Waals surface area contributed by atoms with Gasteiger partial charge in [0.05, 0.1) is 6.20 Å². The van der Waals surface area contributed by atoms with Crippen molar-refractivity contribution < 1.29 is 13.9 Å². The first-order chi connectivity index (χ1) is 14.2. The average molecular weight is 391 g/mol. The summed E-state index contributed by atoms with van der Waals surface area (Å²) in [5.41, 5.74) is 0.754. The molecular weight excluding hydrogens is 369 g/mol. The molecule has 1 saturated heterocycles. The third kappa shape index (κ3) is 3.71. The number of pyridine rings is 1. The molecular formula is C23H22FN3O2. The van der Waals surface area contributed by atoms with Gasteiger partial charge in [0.1, 0.15) is 23.7 Å². The van der Waals surface area contributed by atoms with Crippen LogP contribution in [0.25, 0.3) is 11.1 Å². The molecule has 0 bridgehead atoms. The van der Waals surface area contributed by atoms with Crippen molar-refractivity contribution in [3.8, 4) is 16.9 Å². The van der Waals surface area contributed by atoms with Crippen LogP contribution in [0.5, 0.6) is 5.75 Å². The predicted molar refractivity (Wildman–Crippen MR) is 109 cm³/mol. The van der Waals surface area contributed by atoms with Gasteiger partial charge in [-0.05, 0) is 17.7 Å². The van der Waals surface area contributed by atoms with Crippen molar-refractivity contribution in [1.82, 2.24) is 15.2 Å². The van der Waals surface area contributed by atoms with Crippen LogP contribution in [0.3, 0.4) is 0 Å². The fourth-order valence-corrected chi connectivity index (χ4v) is 3.79. The third-order valence-corrected chi connectivity index (χ3v) is 5.32. The Morgan fingerprint density at radius 2 is 2.00 bits per heavy atom. The van der Waals surface area contributed by atoms with Crippen molar-refractivity contribution in [3.63, 3.8) is 0 Å². The van der Waals surface area contributed by atoms with Crippen LogP contribution in [0.1, 0.15) is 5.56 Å². The largest absolute Gasteiger partial charge is 0.489 e. The summed E-state index contributed by atoms with van der Waals surface area (Å²) in [5, 5.41) is 3.30. The van der Waals surface area contributed by atoms with Crippen LogP contribution in [0.15, 0.2) is 73.1 Å². The summed E-state index contributed by atoms with van der Waals surface area (Å²) in [6.45, 7) is 1.61. The molecule has 3 aromatic rings. The number of halogens is 1. The van der Waals surface area contributed by atoms with E-state index in [1.54, 1.807) is 41.6 Å². The highest BCUT2D eigenvalue weighted by atomic mass is 19.1. The van der Waals surface area contributed by atoms with Gasteiger partial charge in [0.2, 0.25) is 6.41 Å². The Morgan fingerprint density at radius 3 is 2.76 bits per heavy atom. The molecule has 29 heavy (non-hydrogen) atoms. The fraction of sp³-hybridized carbons (Fsp3) is 0.217. The maximum Gasteiger partial charge on any atom is 0.210 e. The van der Waals surface area contributed by atoms with Gasteiger partial charge >= 0.3 is 0 Å². The first-order valence-electron chi connectivity index (χ1n) is 9.54. The molecule has 1 fully saturated rings. The first-order valence-corrected chi connectivity index (χ1v) is 9.54. The molecule has 2 aromatic carbocycles. The number of nitrogens with one attached hydrogen (secondary N) is 1. The Morgan fingerprint density at radius 1 is 1.14 bits per heavy atom. The first kappa shape index (κ1) is 19.1. The Hall–Kier alpha value is -3.25. The van der Waals surface area contributed by atoms with E-state index in [1.807, 2.05) is 36.4 Å². The van der Waals surface area contributed by atoms with E-state index in [2.05, 4.69) is 10.3 Å². The van der Waals surface area contributed by atoms with Gasteiger partial charge in [0, 0.05) is 37.0 Å². The van der Waals surface area contributed by atoms with Crippen molar-refractivity contribution in [2.75, 3.05) is 26.2 Å². The summed E-state index contributed by atoms with van der Waals surface area (Å²) in [6, 6.07) is 18.3. The molecule has 1 aromatic heterocycles. The van der Waals surface area contributed by atoms with Gasteiger partial charge in [0.25, 0.3) is 0 Å². The van der Waals surface area contributed by atoms with Gasteiger partial charge in [-0.25, -0.2) is 4.39 Å². The molecule has 1 aliphatic rings. The fourth-order valence-electron chi connectivity index (χ4n) is 3.79. The maximum atomic E-state index is 15.8. The summed E-state index contributed by atoms with van der Waals surface area (Å²) >= 11 is 0. The highest BCUT2D eigenvalue weighted by molar-refractivity contribution is 5.66. The van der Waals surface area contributed by atoms with E-state index in [9.17, 15) is 4.79 Å². The molecule has 1 atom stereocenters. The van der Waals surface area contributed by atoms with Gasteiger partial charge in [-0.3, -0.25) is 9.78 Å². The molecule has 0 spiro atoms. The number of carbonyl (C=O) groups is 1. The van der Waals surface area contributed by atoms with Crippen LogP contribution in [-0.2, 0) is 10.3 Å². The molecule has 2 heterocycles. The van der Waals surface area contributed by atoms with Crippen molar-refractivity contribution in [2.24, 2.45) is 0 Å². The molecule has 148 valence electrons. The number of aromatic nitrogens is 1. The molecule has 0 saturated carbocycles. The highest BCUT2D eigenvalue weighted by Crippen LogP contribution is 2.36. The second-order valence-electron chi connectivity index (χ2n) is 7.02. The molecule has 6 heteroatoms. The van der Waals surface area contributed by atoms with E-state index in [0.29, 0.717) is 36.5 Å². The van der Waals surface area contributed by atoms with E-state index in [0.717, 1.165) is 12.0 Å². The Labute approximate surface area is 169 Å². The maximum absolute atomic E-state index is 15.8. The van der Waals surface area contributed by atoms with Crippen LogP contribution >= 0.6 is 0 Å². The van der Waals surface area contributed by atoms with Crippen molar-refractivity contribution in [1.29, 1.82) is 0 Å². The normalized spacial score (nSPS) is 19.0. The van der Waals surface area contributed by atoms with Gasteiger partial charge in [-0.2, -0.15) is 0 Å². The Balaban J connectivity index is 1.78. The van der Waals surface area contributed by atoms with Gasteiger partial charge in [-0.1, -0.05) is 48.5 Å². The third-order valence-electron chi connectivity index (χ3n) is 5.32. The van der Waals surface area contributed by atoms with Crippen LogP contribution in [0.2, 0.25) is 0 Å². The summed E-state index contributed by atoms with van der Waals surface area (Å²) < 4.78 is 21.8. The van der Waals surface area contributed by atoms with Crippen molar-refractivity contribution in [2.45, 2.75) is 5.54 Å². The minimum absolute atomic E-state index is 0.111. The van der Waals surface area contributed by atoms with E-state index >= 15 is 4.39 Å². The Bertz CT molecular complexity index is 968. The molecule has 1 amide bonds. The molecule has 1 unspecified atom stereocenters. The molecule has 5 nitrogen and oxygen atoms in total. The quantitative estimate of drug-likeness (QED) is 0.656. The van der Waals surface area contributed by atoms with Crippen LogP contribution in [0, 0.1) is 5.82 Å². The van der Waals surface area contributed by atoms with E-state index in [4.69, 9.17) is 4.74 Å². The summed E-state index contributed by atoms with van der Waals surface area (Å²) in [6.07, 6.45) is 4.04. The standard InChI is InChI=1S/C23H22FN3O2/c24-22-20(18-6-2-1-3-7-18)9-4-10-21(22)23(15-26-12-13-27(23)17-28)16-29-19-8-5-11-25-14-19/h1-11,14,17,26H,12-13,15-16H2. The zero-order valence-electron chi connectivity index (χ0n) is 15.9. The minimum Gasteiger partial charge on any atom is -0.489 e. The van der Waals surface area contributed by atoms with Gasteiger partial charge in [0.15, 0.2) is 0 Å². The van der Waals surface area contributed by atoms with Crippen LogP contribution in [0.4, 0.5) is 4.39 Å². The molecule has 1 N–H and O–H groups in total. The zero-order chi connectivity index (χ0) is 20.1. The summed E-state index contributed by atoms with van der Waals surface area (Å²) in [5.74, 6) is 0.229. The van der Waals surface area contributed by atoms with Crippen molar-refractivity contribution in [3.05, 3.63) is 84.4 Å². The van der Waals surface area contributed by atoms with E-state index in [-0.39, 0.29) is 12.4 Å². The number of rotatable bonds is 6. The van der Waals surface area contributed by atoms with Crippen LogP contribution in [-0.4, -0.2) is 42.5 Å². The summed E-state index contributed by atoms with van der Waals surface area (Å²) in [4.78, 5) is 17.6. The average Bonchev–Trinajstić information content (AvgIpc) is 2.79. The number of hydrogen-bond acceptors (Lipinski definition) is 4. The van der Waals surface area contributed by atoms with Gasteiger partial charge < -0.3 is 15.0 Å². The lowest BCUT2D eigenvalue weighted by Gasteiger charge is -2.45. The van der Waals surface area contributed by atoms with E-state index < -0.39 is 5.54 Å². The SMILES string of the molecule is O=CN1CCNCC1(COc1cccnc1)c1cccc(-c2ccccc2)c1F. The molecule has 0 radical (unpaired) electrons. The lowest BCUT2D eigenvalue weighted by Crippen LogP contribution is -2.61. The number of nitrogens with zero attached hydrogens (tertiary/aromatic N) is 2. The minimum atomic E-state index is -0.968. The number of ether oxygens (including phenoxy) is 1. The predicted octanol–water partition coefficient (Wildman–Crippen LogP) is 3.22. The summed E-state index contributed by atoms with van der Waals surface area (Å²) in [7, 11) is 0. The number of hydrogen-bond donors (Lipinski definition) is 1. The topological polar surface area (TPSA) is 54.5 Å². The van der Waals surface area contributed by atoms with Crippen molar-refractivity contribution >= 4 is 6.41 Å². The lowest BCUT2D eigenvalue weighted by atomic mass is 9.85. The zero-order valence-corrected chi connectivity index (χ0v) is 15.9. The number of benzene rings is 2. The monoisotopic (exact) mass is 391 g/mol. The van der Waals surface area contributed by atoms with Crippen LogP contribution < -0.4 is 10.1 Å². The number of piperazine rings is 1. The number of amides is 1. The molecule has 1 aliphatic heterocycles. The number of carbonyl (C=O) groups excluding carboxylic acids is 1. The Kier molecular flexibility index (Phi) is 5.53. The molecule has 4 rings (SSSR count). The second kappa shape index (κ2) is 8.41. The lowest BCUT2D eigenvalue weighted by molar-refractivity contribution is -0.127. The smallest absolute Gasteiger partial charge is 0.210 e. The molecule has 0 aliphatic carbocycles.